The Labute approximate surface area is 225 Å². The first-order valence-corrected chi connectivity index (χ1v) is 12.2. The van der Waals surface area contributed by atoms with Gasteiger partial charge in [0.05, 0.1) is 20.3 Å². The van der Waals surface area contributed by atoms with Gasteiger partial charge in [0, 0.05) is 18.5 Å². The number of alkyl halides is 2. The smallest absolute Gasteiger partial charge is 0.272 e. The Morgan fingerprint density at radius 3 is 2.13 bits per heavy atom. The molecule has 0 bridgehead atoms. The van der Waals surface area contributed by atoms with Crippen LogP contribution in [-0.4, -0.2) is 56.8 Å². The Kier molecular flexibility index (Phi) is 11.3. The number of nitrogens with one attached hydrogen (secondary N) is 2. The van der Waals surface area contributed by atoms with Crippen molar-refractivity contribution in [3.8, 4) is 17.2 Å². The highest BCUT2D eigenvalue weighted by Gasteiger charge is 2.15. The van der Waals surface area contributed by atoms with E-state index in [1.807, 2.05) is 24.3 Å². The summed E-state index contributed by atoms with van der Waals surface area (Å²) in [5.74, 6) is 0.489. The summed E-state index contributed by atoms with van der Waals surface area (Å²) < 4.78 is 40.6. The number of hydrogen-bond acceptors (Lipinski definition) is 6. The van der Waals surface area contributed by atoms with Crippen LogP contribution in [0.25, 0.3) is 6.08 Å². The van der Waals surface area contributed by atoms with Crippen LogP contribution >= 0.6 is 0 Å². The molecule has 206 valence electrons. The van der Waals surface area contributed by atoms with Crippen LogP contribution < -0.4 is 24.8 Å². The molecule has 0 atom stereocenters. The number of halogens is 2. The van der Waals surface area contributed by atoms with Crippen LogP contribution in [-0.2, 0) is 11.2 Å². The molecule has 2 amide bonds. The van der Waals surface area contributed by atoms with Gasteiger partial charge in [0.15, 0.2) is 0 Å². The van der Waals surface area contributed by atoms with Crippen molar-refractivity contribution in [1.82, 2.24) is 10.6 Å². The maximum absolute atomic E-state index is 12.9. The fourth-order valence-electron chi connectivity index (χ4n) is 3.39. The highest BCUT2D eigenvalue weighted by Crippen LogP contribution is 2.17. The minimum atomic E-state index is -2.60. The van der Waals surface area contributed by atoms with Gasteiger partial charge < -0.3 is 30.0 Å². The first-order valence-electron chi connectivity index (χ1n) is 12.2. The number of amides is 2. The van der Waals surface area contributed by atoms with E-state index in [1.54, 1.807) is 43.5 Å². The normalized spacial score (nSPS) is 11.2. The molecule has 3 aromatic carbocycles. The van der Waals surface area contributed by atoms with Gasteiger partial charge in [0.1, 0.15) is 29.6 Å². The Bertz CT molecular complexity index is 1230. The van der Waals surface area contributed by atoms with Gasteiger partial charge in [0.2, 0.25) is 0 Å². The number of rotatable bonds is 14. The van der Waals surface area contributed by atoms with Crippen molar-refractivity contribution in [3.63, 3.8) is 0 Å². The highest BCUT2D eigenvalue weighted by atomic mass is 19.3. The summed E-state index contributed by atoms with van der Waals surface area (Å²) in [6, 6.07) is 20.3. The number of methoxy groups -OCH3 is 1. The number of hydrogen-bond donors (Lipinski definition) is 3. The summed E-state index contributed by atoms with van der Waals surface area (Å²) in [4.78, 5) is 25.5. The molecule has 0 fully saturated rings. The van der Waals surface area contributed by atoms with E-state index in [2.05, 4.69) is 10.6 Å². The van der Waals surface area contributed by atoms with E-state index < -0.39 is 24.8 Å². The lowest BCUT2D eigenvalue weighted by molar-refractivity contribution is -0.117. The molecule has 0 aliphatic rings. The Hall–Kier alpha value is -4.44. The second-order valence-electron chi connectivity index (χ2n) is 8.23. The molecular formula is C29H30F2N2O6. The average molecular weight is 541 g/mol. The van der Waals surface area contributed by atoms with E-state index in [0.29, 0.717) is 29.9 Å². The zero-order valence-corrected chi connectivity index (χ0v) is 21.4. The summed E-state index contributed by atoms with van der Waals surface area (Å²) in [5, 5.41) is 14.1. The van der Waals surface area contributed by atoms with E-state index in [9.17, 15) is 18.4 Å². The number of carbonyl (C=O) groups excluding carboxylic acids is 2. The largest absolute Gasteiger partial charge is 0.497 e. The lowest BCUT2D eigenvalue weighted by Gasteiger charge is -2.12. The first kappa shape index (κ1) is 29.1. The van der Waals surface area contributed by atoms with E-state index in [-0.39, 0.29) is 24.6 Å². The van der Waals surface area contributed by atoms with Crippen LogP contribution in [0.2, 0.25) is 0 Å². The van der Waals surface area contributed by atoms with Gasteiger partial charge in [-0.15, -0.1) is 0 Å². The second kappa shape index (κ2) is 15.1. The lowest BCUT2D eigenvalue weighted by Crippen LogP contribution is -2.36. The molecule has 0 saturated carbocycles. The number of carbonyl (C=O) groups is 2. The van der Waals surface area contributed by atoms with Crippen LogP contribution in [0.15, 0.2) is 78.5 Å². The average Bonchev–Trinajstić information content (AvgIpc) is 2.95. The molecule has 3 aromatic rings. The maximum Gasteiger partial charge on any atom is 0.272 e. The van der Waals surface area contributed by atoms with E-state index >= 15 is 0 Å². The minimum Gasteiger partial charge on any atom is -0.497 e. The molecule has 3 N–H and O–H groups in total. The topological polar surface area (TPSA) is 106 Å². The predicted octanol–water partition coefficient (Wildman–Crippen LogP) is 3.84. The van der Waals surface area contributed by atoms with Crippen molar-refractivity contribution in [3.05, 3.63) is 95.2 Å². The Balaban J connectivity index is 1.62. The molecule has 0 aliphatic carbocycles. The van der Waals surface area contributed by atoms with Crippen LogP contribution in [0.1, 0.15) is 21.5 Å². The van der Waals surface area contributed by atoms with Crippen molar-refractivity contribution < 1.29 is 37.7 Å². The highest BCUT2D eigenvalue weighted by molar-refractivity contribution is 6.05. The van der Waals surface area contributed by atoms with E-state index in [4.69, 9.17) is 19.3 Å². The van der Waals surface area contributed by atoms with Crippen molar-refractivity contribution in [2.75, 3.05) is 33.5 Å². The molecule has 8 nitrogen and oxygen atoms in total. The first-order chi connectivity index (χ1) is 18.9. The van der Waals surface area contributed by atoms with Gasteiger partial charge >= 0.3 is 0 Å². The standard InChI is InChI=1S/C29H30F2N2O6/c1-37-23-8-2-20(3-9-23)14-17-38-24-12-6-22(7-13-24)28(35)33-26(29(36)32-15-16-34)18-21-4-10-25(11-5-21)39-19-27(30)31/h2-13,18,27,34H,14-17,19H2,1H3,(H,32,36)(H,33,35). The third-order valence-electron chi connectivity index (χ3n) is 5.39. The molecule has 10 heteroatoms. The summed E-state index contributed by atoms with van der Waals surface area (Å²) >= 11 is 0. The predicted molar refractivity (Wildman–Crippen MR) is 142 cm³/mol. The molecule has 0 aliphatic heterocycles. The second-order valence-corrected chi connectivity index (χ2v) is 8.23. The minimum absolute atomic E-state index is 0.00495. The zero-order valence-electron chi connectivity index (χ0n) is 21.4. The lowest BCUT2D eigenvalue weighted by atomic mass is 10.1. The molecule has 39 heavy (non-hydrogen) atoms. The van der Waals surface area contributed by atoms with Crippen LogP contribution in [0.4, 0.5) is 8.78 Å². The molecule has 3 rings (SSSR count). The Morgan fingerprint density at radius 1 is 0.897 bits per heavy atom. The molecule has 0 spiro atoms. The quantitative estimate of drug-likeness (QED) is 0.269. The zero-order chi connectivity index (χ0) is 28.0. The molecule has 0 aromatic heterocycles. The van der Waals surface area contributed by atoms with E-state index in [0.717, 1.165) is 11.3 Å². The van der Waals surface area contributed by atoms with Crippen molar-refractivity contribution in [1.29, 1.82) is 0 Å². The monoisotopic (exact) mass is 540 g/mol. The summed E-state index contributed by atoms with van der Waals surface area (Å²) in [7, 11) is 1.61. The maximum atomic E-state index is 12.9. The SMILES string of the molecule is COc1ccc(CCOc2ccc(C(=O)NC(=Cc3ccc(OCC(F)F)cc3)C(=O)NCCO)cc2)cc1. The van der Waals surface area contributed by atoms with Gasteiger partial charge in [-0.3, -0.25) is 9.59 Å². The number of benzene rings is 3. The number of ether oxygens (including phenoxy) is 3. The third kappa shape index (κ3) is 9.75. The van der Waals surface area contributed by atoms with Crippen molar-refractivity contribution in [2.24, 2.45) is 0 Å². The van der Waals surface area contributed by atoms with Gasteiger partial charge in [-0.05, 0) is 65.7 Å². The van der Waals surface area contributed by atoms with Crippen LogP contribution in [0.5, 0.6) is 17.2 Å². The molecule has 0 radical (unpaired) electrons. The number of aliphatic hydroxyl groups is 1. The molecule has 0 unspecified atom stereocenters. The van der Waals surface area contributed by atoms with Crippen molar-refractivity contribution >= 4 is 17.9 Å². The fourth-order valence-corrected chi connectivity index (χ4v) is 3.39. The Morgan fingerprint density at radius 2 is 1.51 bits per heavy atom. The summed E-state index contributed by atoms with van der Waals surface area (Å²) in [5.41, 5.74) is 1.86. The summed E-state index contributed by atoms with van der Waals surface area (Å²) in [6.07, 6.45) is -0.470. The van der Waals surface area contributed by atoms with Gasteiger partial charge in [0.25, 0.3) is 18.2 Å². The molecule has 0 heterocycles. The van der Waals surface area contributed by atoms with E-state index in [1.165, 1.54) is 18.2 Å². The van der Waals surface area contributed by atoms with Gasteiger partial charge in [-0.2, -0.15) is 0 Å². The summed E-state index contributed by atoms with van der Waals surface area (Å²) in [6.45, 7) is -0.563. The van der Waals surface area contributed by atoms with Gasteiger partial charge in [-0.1, -0.05) is 24.3 Å². The van der Waals surface area contributed by atoms with Gasteiger partial charge in [-0.25, -0.2) is 8.78 Å². The molecule has 0 saturated heterocycles. The molecular weight excluding hydrogens is 510 g/mol. The third-order valence-corrected chi connectivity index (χ3v) is 5.39. The number of aliphatic hydroxyl groups excluding tert-OH is 1. The van der Waals surface area contributed by atoms with Crippen LogP contribution in [0.3, 0.4) is 0 Å². The fraction of sp³-hybridized carbons (Fsp3) is 0.241. The van der Waals surface area contributed by atoms with Crippen LogP contribution in [0, 0.1) is 0 Å². The van der Waals surface area contributed by atoms with Crippen molar-refractivity contribution in [2.45, 2.75) is 12.8 Å².